The van der Waals surface area contributed by atoms with Gasteiger partial charge in [0, 0.05) is 85.3 Å². The summed E-state index contributed by atoms with van der Waals surface area (Å²) >= 11 is -2.55. The monoisotopic (exact) mass is 1390 g/mol. The lowest BCUT2D eigenvalue weighted by molar-refractivity contribution is -0.113. The lowest BCUT2D eigenvalue weighted by Gasteiger charge is -2.31. The predicted octanol–water partition coefficient (Wildman–Crippen LogP) is 13.6. The maximum absolute atomic E-state index is 14.4. The average Bonchev–Trinajstić information content (AvgIpc) is 0.951. The van der Waals surface area contributed by atoms with Crippen molar-refractivity contribution in [2.45, 2.75) is 134 Å². The van der Waals surface area contributed by atoms with Gasteiger partial charge in [0.1, 0.15) is 12.4 Å². The number of unbranched alkanes of at least 4 members (excludes halogenated alkanes) is 1. The Labute approximate surface area is 573 Å². The van der Waals surface area contributed by atoms with Gasteiger partial charge in [0.05, 0.1) is 55.6 Å². The summed E-state index contributed by atoms with van der Waals surface area (Å²) in [4.78, 5) is 43.5. The maximum Gasteiger partial charge on any atom is 0.261 e. The zero-order valence-electron chi connectivity index (χ0n) is 56.7. The lowest BCUT2D eigenvalue weighted by atomic mass is 9.92. The molecule has 2 atom stereocenters. The van der Waals surface area contributed by atoms with E-state index in [1.807, 2.05) is 48.5 Å². The zero-order valence-corrected chi connectivity index (χ0v) is 59.9. The van der Waals surface area contributed by atoms with Crippen molar-refractivity contribution in [3.63, 3.8) is 0 Å². The standard InChI is InChI=1S/C70H86N8O6S2.2CH4O3S/c1-8-11-34-83-35-36-84-68-29-18-53(52-16-27-66-57(37-52)39-55(14-12-32-75(66)44-50(4)5)69(79)73-59-19-23-63(24-20-59)85(81)46-61-42-71-48-77(61)30-9-2)41-65(68)54-17-28-67-58(38-54)40-56(15-13-33-76(67)45-51(6)7)70(80)74-60-21-25-64(26-22-60)86(82)47-62-43-72-49-78(62)31-10-3;2*1-5(2,3)4/h16-29,37-43,48-51H,8-15,30-36,44-47H2,1-7H3,(H,73,79)(H,74,80);2*1H3,(H,2,3,4)/b55-39+,56-40+;;. The molecule has 0 spiro atoms. The first-order chi connectivity index (χ1) is 45.8. The SMILES string of the molecule is CCCCOCCOc1ccc(-c2ccc3c(c2)/C=C(/C(=O)Nc2ccc([S+]([O-])Cc4cncn4CCC)cc2)CCCN3CC(C)C)cc1-c1ccc2c(c1)/C=C(/C(=O)Nc1ccc([S+]([O-])Cc3cncn3CCC)cc1)CCCN2CC(C)C.CS(=O)(=O)O.CS(=O)(=O)O. The van der Waals surface area contributed by atoms with Crippen LogP contribution >= 0.6 is 0 Å². The van der Waals surface area contributed by atoms with E-state index in [-0.39, 0.29) is 11.8 Å². The van der Waals surface area contributed by atoms with Gasteiger partial charge < -0.3 is 48.1 Å². The van der Waals surface area contributed by atoms with Crippen molar-refractivity contribution >= 4 is 89.3 Å². The van der Waals surface area contributed by atoms with Crippen LogP contribution in [0.5, 0.6) is 5.75 Å². The van der Waals surface area contributed by atoms with Gasteiger partial charge in [-0.25, -0.2) is 9.97 Å². The highest BCUT2D eigenvalue weighted by atomic mass is 32.2. The number of carbonyl (C=O) groups excluding carboxylic acids is 2. The summed E-state index contributed by atoms with van der Waals surface area (Å²) in [7, 11) is -7.33. The molecule has 2 unspecified atom stereocenters. The normalized spacial score (nSPS) is 15.1. The van der Waals surface area contributed by atoms with E-state index in [2.05, 4.69) is 155 Å². The quantitative estimate of drug-likeness (QED) is 0.0212. The molecule has 0 bridgehead atoms. The summed E-state index contributed by atoms with van der Waals surface area (Å²) < 4.78 is 95.3. The minimum atomic E-state index is -3.67. The van der Waals surface area contributed by atoms with E-state index in [9.17, 15) is 35.5 Å². The van der Waals surface area contributed by atoms with Gasteiger partial charge in [-0.05, 0) is 204 Å². The van der Waals surface area contributed by atoms with E-state index >= 15 is 0 Å². The molecule has 0 aliphatic carbocycles. The van der Waals surface area contributed by atoms with Crippen LogP contribution in [-0.4, -0.2) is 124 Å². The fraction of sp³-hybridized carbons (Fsp3) is 0.417. The Balaban J connectivity index is 0.00000121. The van der Waals surface area contributed by atoms with Crippen molar-refractivity contribution in [2.24, 2.45) is 11.8 Å². The molecule has 20 nitrogen and oxygen atoms in total. The third-order valence-corrected chi connectivity index (χ3v) is 18.2. The molecular formula is C72H94N8O12S4. The molecule has 0 saturated heterocycles. The molecule has 2 aliphatic heterocycles. The Morgan fingerprint density at radius 1 is 0.583 bits per heavy atom. The second-order valence-electron chi connectivity index (χ2n) is 24.9. The first kappa shape index (κ1) is 76.1. The summed E-state index contributed by atoms with van der Waals surface area (Å²) in [6, 6.07) is 34.1. The van der Waals surface area contributed by atoms with Crippen molar-refractivity contribution in [2.75, 3.05) is 78.9 Å². The first-order valence-corrected chi connectivity index (χ1v) is 39.1. The number of aromatic nitrogens is 4. The van der Waals surface area contributed by atoms with E-state index in [1.54, 1.807) is 25.0 Å². The molecular weight excluding hydrogens is 1300 g/mol. The van der Waals surface area contributed by atoms with Gasteiger partial charge in [-0.3, -0.25) is 18.7 Å². The van der Waals surface area contributed by atoms with Crippen LogP contribution in [0, 0.1) is 11.8 Å². The Hall–Kier alpha value is -7.26. The second kappa shape index (κ2) is 36.9. The molecule has 518 valence electrons. The van der Waals surface area contributed by atoms with Crippen LogP contribution in [-0.2, 0) is 81.5 Å². The number of ether oxygens (including phenoxy) is 2. The number of imidazole rings is 2. The van der Waals surface area contributed by atoms with E-state index in [4.69, 9.17) is 18.6 Å². The first-order valence-electron chi connectivity index (χ1n) is 32.7. The van der Waals surface area contributed by atoms with Gasteiger partial charge >= 0.3 is 0 Å². The third kappa shape index (κ3) is 24.4. The van der Waals surface area contributed by atoms with Gasteiger partial charge in [0.2, 0.25) is 0 Å². The van der Waals surface area contributed by atoms with Crippen molar-refractivity contribution in [1.29, 1.82) is 0 Å². The number of hydrogen-bond donors (Lipinski definition) is 4. The summed E-state index contributed by atoms with van der Waals surface area (Å²) in [5, 5.41) is 6.32. The molecule has 2 amide bonds. The van der Waals surface area contributed by atoms with Gasteiger partial charge in [-0.15, -0.1) is 0 Å². The maximum atomic E-state index is 14.4. The third-order valence-electron chi connectivity index (χ3n) is 15.5. The number of aryl methyl sites for hydroxylation is 2. The molecule has 4 heterocycles. The van der Waals surface area contributed by atoms with Crippen molar-refractivity contribution in [3.8, 4) is 28.0 Å². The molecule has 2 aliphatic rings. The van der Waals surface area contributed by atoms with Crippen LogP contribution in [0.3, 0.4) is 0 Å². The van der Waals surface area contributed by atoms with Crippen LogP contribution in [0.4, 0.5) is 22.7 Å². The smallest absolute Gasteiger partial charge is 0.261 e. The number of nitrogens with zero attached hydrogens (tertiary/aromatic N) is 6. The summed E-state index contributed by atoms with van der Waals surface area (Å²) in [5.74, 6) is 1.97. The molecule has 24 heteroatoms. The Morgan fingerprint density at radius 2 is 1.01 bits per heavy atom. The summed E-state index contributed by atoms with van der Waals surface area (Å²) in [6.07, 6.45) is 19.5. The number of anilines is 4. The van der Waals surface area contributed by atoms with Gasteiger partial charge in [-0.2, -0.15) is 16.8 Å². The van der Waals surface area contributed by atoms with Crippen molar-refractivity contribution in [3.05, 3.63) is 162 Å². The number of nitrogens with one attached hydrogen (secondary N) is 2. The van der Waals surface area contributed by atoms with Crippen LogP contribution in [0.2, 0.25) is 0 Å². The molecule has 0 radical (unpaired) electrons. The van der Waals surface area contributed by atoms with E-state index in [1.165, 1.54) is 0 Å². The molecule has 0 saturated carbocycles. The van der Waals surface area contributed by atoms with E-state index in [0.717, 1.165) is 140 Å². The molecule has 2 aromatic heterocycles. The van der Waals surface area contributed by atoms with E-state index in [0.29, 0.717) is 101 Å². The van der Waals surface area contributed by atoms with Crippen molar-refractivity contribution in [1.82, 2.24) is 19.1 Å². The highest BCUT2D eigenvalue weighted by Crippen LogP contribution is 2.40. The number of benzene rings is 5. The lowest BCUT2D eigenvalue weighted by Crippen LogP contribution is -2.30. The number of amides is 2. The predicted molar refractivity (Wildman–Crippen MR) is 387 cm³/mol. The van der Waals surface area contributed by atoms with E-state index < -0.39 is 42.6 Å². The number of carbonyl (C=O) groups is 2. The molecule has 5 aromatic carbocycles. The molecule has 4 N–H and O–H groups in total. The van der Waals surface area contributed by atoms with Crippen LogP contribution in [0.1, 0.15) is 122 Å². The molecule has 9 rings (SSSR count). The fourth-order valence-electron chi connectivity index (χ4n) is 11.2. The zero-order chi connectivity index (χ0) is 69.5. The highest BCUT2D eigenvalue weighted by molar-refractivity contribution is 7.91. The summed E-state index contributed by atoms with van der Waals surface area (Å²) in [5.41, 5.74) is 12.4. The van der Waals surface area contributed by atoms with Crippen LogP contribution in [0.15, 0.2) is 149 Å². The van der Waals surface area contributed by atoms with Gasteiger partial charge in [0.15, 0.2) is 21.3 Å². The van der Waals surface area contributed by atoms with Crippen molar-refractivity contribution < 1.29 is 54.1 Å². The molecule has 7 aromatic rings. The van der Waals surface area contributed by atoms with Crippen LogP contribution in [0.25, 0.3) is 34.4 Å². The fourth-order valence-corrected chi connectivity index (χ4v) is 13.5. The minimum Gasteiger partial charge on any atom is -0.611 e. The highest BCUT2D eigenvalue weighted by Gasteiger charge is 2.25. The molecule has 0 fully saturated rings. The largest absolute Gasteiger partial charge is 0.611 e. The van der Waals surface area contributed by atoms with Crippen LogP contribution < -0.4 is 25.2 Å². The Morgan fingerprint density at radius 3 is 1.45 bits per heavy atom. The minimum absolute atomic E-state index is 0.162. The summed E-state index contributed by atoms with van der Waals surface area (Å²) in [6.45, 7) is 21.8. The molecule has 96 heavy (non-hydrogen) atoms. The number of rotatable bonds is 27. The van der Waals surface area contributed by atoms with Gasteiger partial charge in [0.25, 0.3) is 32.1 Å². The topological polar surface area (TPSA) is 274 Å². The average molecular weight is 1390 g/mol. The number of fused-ring (bicyclic) bond motifs is 2. The van der Waals surface area contributed by atoms with Gasteiger partial charge in [-0.1, -0.05) is 73.1 Å². The Bertz CT molecular complexity index is 3920. The second-order valence-corrected chi connectivity index (χ2v) is 30.7. The number of hydrogen-bond acceptors (Lipinski definition) is 14. The Kier molecular flexibility index (Phi) is 29.3.